The summed E-state index contributed by atoms with van der Waals surface area (Å²) in [6, 6.07) is 13.3. The van der Waals surface area contributed by atoms with Crippen molar-refractivity contribution >= 4 is 22.4 Å². The summed E-state index contributed by atoms with van der Waals surface area (Å²) in [5.74, 6) is 0. The van der Waals surface area contributed by atoms with Crippen molar-refractivity contribution in [1.29, 1.82) is 0 Å². The minimum Gasteiger partial charge on any atom is -0.388 e. The molecule has 2 heterocycles. The van der Waals surface area contributed by atoms with Gasteiger partial charge in [-0.15, -0.1) is 11.3 Å². The smallest absolute Gasteiger partial charge is 0.320 e. The molecule has 3 atom stereocenters. The Morgan fingerprint density at radius 3 is 2.85 bits per heavy atom. The maximum Gasteiger partial charge on any atom is 0.320 e. The van der Waals surface area contributed by atoms with E-state index in [1.54, 1.807) is 0 Å². The first kappa shape index (κ1) is 18.8. The fourth-order valence-corrected chi connectivity index (χ4v) is 3.61. The molecule has 0 aliphatic carbocycles. The van der Waals surface area contributed by atoms with Crippen LogP contribution < -0.4 is 10.6 Å². The predicted molar refractivity (Wildman–Crippen MR) is 104 cm³/mol. The van der Waals surface area contributed by atoms with Crippen molar-refractivity contribution in [1.82, 2.24) is 10.2 Å². The largest absolute Gasteiger partial charge is 0.388 e. The topological polar surface area (TPSA) is 73.8 Å². The van der Waals surface area contributed by atoms with Crippen LogP contribution in [-0.2, 0) is 11.2 Å². The molecule has 1 aromatic carbocycles. The number of thiophene rings is 1. The van der Waals surface area contributed by atoms with Crippen molar-refractivity contribution in [2.24, 2.45) is 0 Å². The molecule has 1 aliphatic rings. The van der Waals surface area contributed by atoms with Gasteiger partial charge in [0.15, 0.2) is 0 Å². The second-order valence-corrected chi connectivity index (χ2v) is 7.49. The number of urea groups is 1. The first-order valence-electron chi connectivity index (χ1n) is 8.75. The Morgan fingerprint density at radius 2 is 2.12 bits per heavy atom. The second kappa shape index (κ2) is 9.14. The summed E-state index contributed by atoms with van der Waals surface area (Å²) in [5, 5.41) is 18.7. The van der Waals surface area contributed by atoms with E-state index in [2.05, 4.69) is 27.7 Å². The van der Waals surface area contributed by atoms with E-state index in [1.807, 2.05) is 42.8 Å². The van der Waals surface area contributed by atoms with E-state index in [1.165, 1.54) is 16.9 Å². The molecule has 1 aliphatic heterocycles. The van der Waals surface area contributed by atoms with Crippen molar-refractivity contribution < 1.29 is 14.6 Å². The molecule has 6 nitrogen and oxygen atoms in total. The molecule has 1 saturated heterocycles. The van der Waals surface area contributed by atoms with Crippen LogP contribution in [0, 0.1) is 0 Å². The van der Waals surface area contributed by atoms with Crippen molar-refractivity contribution in [3.63, 3.8) is 0 Å². The summed E-state index contributed by atoms with van der Waals surface area (Å²) in [6.07, 6.45) is -0.0727. The zero-order valence-corrected chi connectivity index (χ0v) is 15.6. The molecule has 3 unspecified atom stereocenters. The minimum absolute atomic E-state index is 0.303. The van der Waals surface area contributed by atoms with Crippen LogP contribution in [0.3, 0.4) is 0 Å². The van der Waals surface area contributed by atoms with Crippen molar-refractivity contribution in [2.75, 3.05) is 32.1 Å². The molecule has 1 fully saturated rings. The highest BCUT2D eigenvalue weighted by Crippen LogP contribution is 2.17. The molecule has 7 heteroatoms. The van der Waals surface area contributed by atoms with Gasteiger partial charge in [0.05, 0.1) is 23.8 Å². The van der Waals surface area contributed by atoms with Gasteiger partial charge in [0.2, 0.25) is 0 Å². The van der Waals surface area contributed by atoms with Crippen LogP contribution in [-0.4, -0.2) is 61.0 Å². The van der Waals surface area contributed by atoms with E-state index >= 15 is 0 Å². The molecule has 2 amide bonds. The lowest BCUT2D eigenvalue weighted by Crippen LogP contribution is -2.47. The van der Waals surface area contributed by atoms with Crippen molar-refractivity contribution in [3.8, 4) is 0 Å². The van der Waals surface area contributed by atoms with Gasteiger partial charge in [-0.05, 0) is 36.5 Å². The minimum atomic E-state index is -0.719. The summed E-state index contributed by atoms with van der Waals surface area (Å²) in [4.78, 5) is 14.2. The monoisotopic (exact) mass is 375 g/mol. The molecule has 140 valence electrons. The van der Waals surface area contributed by atoms with Gasteiger partial charge in [0, 0.05) is 13.1 Å². The number of ether oxygens (including phenoxy) is 1. The Morgan fingerprint density at radius 1 is 1.31 bits per heavy atom. The van der Waals surface area contributed by atoms with E-state index in [0.717, 1.165) is 18.0 Å². The Labute approximate surface area is 157 Å². The SMILES string of the molecule is CN(CCc1ccccc1)CC1OCC(NC(=O)Nc2cccs2)C1O. The van der Waals surface area contributed by atoms with Gasteiger partial charge in [-0.25, -0.2) is 4.79 Å². The molecule has 0 saturated carbocycles. The summed E-state index contributed by atoms with van der Waals surface area (Å²) in [5.41, 5.74) is 1.29. The number of likely N-dealkylation sites (N-methyl/N-ethyl adjacent to an activating group) is 1. The molecular formula is C19H25N3O3S. The zero-order chi connectivity index (χ0) is 18.4. The maximum atomic E-state index is 12.0. The van der Waals surface area contributed by atoms with Gasteiger partial charge in [0.1, 0.15) is 6.10 Å². The summed E-state index contributed by atoms with van der Waals surface area (Å²) >= 11 is 1.45. The van der Waals surface area contributed by atoms with Crippen molar-refractivity contribution in [2.45, 2.75) is 24.7 Å². The van der Waals surface area contributed by atoms with Crippen LogP contribution in [0.1, 0.15) is 5.56 Å². The van der Waals surface area contributed by atoms with Crippen LogP contribution in [0.4, 0.5) is 9.80 Å². The Hall–Kier alpha value is -1.93. The van der Waals surface area contributed by atoms with E-state index in [0.29, 0.717) is 13.2 Å². The Bertz CT molecular complexity index is 681. The summed E-state index contributed by atoms with van der Waals surface area (Å²) < 4.78 is 5.71. The average Bonchev–Trinajstić information content (AvgIpc) is 3.26. The number of anilines is 1. The predicted octanol–water partition coefficient (Wildman–Crippen LogP) is 2.17. The number of carbonyl (C=O) groups excluding carboxylic acids is 1. The first-order chi connectivity index (χ1) is 12.6. The Kier molecular flexibility index (Phi) is 6.62. The number of benzene rings is 1. The van der Waals surface area contributed by atoms with Crippen molar-refractivity contribution in [3.05, 3.63) is 53.4 Å². The third-order valence-corrected chi connectivity index (χ3v) is 5.26. The number of nitrogens with one attached hydrogen (secondary N) is 2. The molecule has 0 bridgehead atoms. The number of rotatable bonds is 7. The molecular weight excluding hydrogens is 350 g/mol. The molecule has 3 rings (SSSR count). The fourth-order valence-electron chi connectivity index (χ4n) is 3.00. The van der Waals surface area contributed by atoms with Crippen LogP contribution in [0.15, 0.2) is 47.8 Å². The lowest BCUT2D eigenvalue weighted by atomic mass is 10.1. The molecule has 0 spiro atoms. The maximum absolute atomic E-state index is 12.0. The third kappa shape index (κ3) is 5.28. The zero-order valence-electron chi connectivity index (χ0n) is 14.8. The highest BCUT2D eigenvalue weighted by molar-refractivity contribution is 7.14. The lowest BCUT2D eigenvalue weighted by molar-refractivity contribution is 0.0205. The van der Waals surface area contributed by atoms with E-state index in [-0.39, 0.29) is 12.1 Å². The van der Waals surface area contributed by atoms with Crippen LogP contribution in [0.25, 0.3) is 0 Å². The first-order valence-corrected chi connectivity index (χ1v) is 9.63. The van der Waals surface area contributed by atoms with Gasteiger partial charge >= 0.3 is 6.03 Å². The van der Waals surface area contributed by atoms with Gasteiger partial charge in [-0.2, -0.15) is 0 Å². The molecule has 1 aromatic heterocycles. The van der Waals surface area contributed by atoms with E-state index in [4.69, 9.17) is 4.74 Å². The normalized spacial score (nSPS) is 22.5. The molecule has 26 heavy (non-hydrogen) atoms. The lowest BCUT2D eigenvalue weighted by Gasteiger charge is -2.23. The number of aliphatic hydroxyl groups excluding tert-OH is 1. The quantitative estimate of drug-likeness (QED) is 0.693. The van der Waals surface area contributed by atoms with Crippen LogP contribution >= 0.6 is 11.3 Å². The number of nitrogens with zero attached hydrogens (tertiary/aromatic N) is 1. The Balaban J connectivity index is 1.41. The summed E-state index contributed by atoms with van der Waals surface area (Å²) in [7, 11) is 2.02. The number of hydrogen-bond donors (Lipinski definition) is 3. The van der Waals surface area contributed by atoms with Gasteiger partial charge in [-0.3, -0.25) is 5.32 Å². The number of amides is 2. The van der Waals surface area contributed by atoms with Gasteiger partial charge < -0.3 is 20.1 Å². The average molecular weight is 375 g/mol. The van der Waals surface area contributed by atoms with E-state index < -0.39 is 12.1 Å². The highest BCUT2D eigenvalue weighted by Gasteiger charge is 2.37. The van der Waals surface area contributed by atoms with Gasteiger partial charge in [0.25, 0.3) is 0 Å². The third-order valence-electron chi connectivity index (χ3n) is 4.47. The molecule has 3 N–H and O–H groups in total. The second-order valence-electron chi connectivity index (χ2n) is 6.54. The molecule has 0 radical (unpaired) electrons. The van der Waals surface area contributed by atoms with E-state index in [9.17, 15) is 9.90 Å². The summed E-state index contributed by atoms with van der Waals surface area (Å²) in [6.45, 7) is 1.82. The molecule has 2 aromatic rings. The number of carbonyl (C=O) groups is 1. The van der Waals surface area contributed by atoms with Crippen LogP contribution in [0.2, 0.25) is 0 Å². The van der Waals surface area contributed by atoms with Gasteiger partial charge in [-0.1, -0.05) is 30.3 Å². The fraction of sp³-hybridized carbons (Fsp3) is 0.421. The van der Waals surface area contributed by atoms with Crippen LogP contribution in [0.5, 0.6) is 0 Å². The number of aliphatic hydroxyl groups is 1. The highest BCUT2D eigenvalue weighted by atomic mass is 32.1. The standard InChI is InChI=1S/C19H25N3O3S/c1-22(10-9-14-6-3-2-4-7-14)12-16-18(23)15(13-25-16)20-19(24)21-17-8-5-11-26-17/h2-8,11,15-16,18,23H,9-10,12-13H2,1H3,(H2,20,21,24). The number of hydrogen-bond acceptors (Lipinski definition) is 5.